The fraction of sp³-hybridized carbons (Fsp3) is 0.250. The van der Waals surface area contributed by atoms with Crippen molar-refractivity contribution in [3.8, 4) is 22.6 Å². The van der Waals surface area contributed by atoms with E-state index >= 15 is 0 Å². The molecule has 0 heterocycles. The third-order valence-electron chi connectivity index (χ3n) is 3.08. The molecule has 0 atom stereocenters. The molecule has 0 aliphatic carbocycles. The molecule has 0 aromatic heterocycles. The van der Waals surface area contributed by atoms with E-state index in [0.29, 0.717) is 0 Å². The molecule has 0 radical (unpaired) electrons. The molecule has 2 rings (SSSR count). The smallest absolute Gasteiger partial charge is 0.130 e. The van der Waals surface area contributed by atoms with E-state index < -0.39 is 0 Å². The summed E-state index contributed by atoms with van der Waals surface area (Å²) in [6.45, 7) is 2.15. The van der Waals surface area contributed by atoms with E-state index in [4.69, 9.17) is 9.47 Å². The van der Waals surface area contributed by atoms with Crippen LogP contribution in [-0.2, 0) is 6.42 Å². The van der Waals surface area contributed by atoms with Gasteiger partial charge in [-0.15, -0.1) is 0 Å². The zero-order valence-electron chi connectivity index (χ0n) is 11.1. The molecule has 2 aromatic rings. The Hall–Kier alpha value is -1.96. The first-order valence-corrected chi connectivity index (χ1v) is 6.10. The van der Waals surface area contributed by atoms with Gasteiger partial charge in [0.1, 0.15) is 11.5 Å². The van der Waals surface area contributed by atoms with Gasteiger partial charge in [-0.3, -0.25) is 0 Å². The maximum absolute atomic E-state index is 5.42. The standard InChI is InChI=1S/C16H18O2/c1-4-12-8-10-13(11-9-12)16-14(17-2)6-5-7-15(16)18-3/h5-11H,4H2,1-3H3. The molecule has 0 saturated heterocycles. The topological polar surface area (TPSA) is 18.5 Å². The molecular formula is C16H18O2. The van der Waals surface area contributed by atoms with Crippen LogP contribution >= 0.6 is 0 Å². The van der Waals surface area contributed by atoms with Crippen LogP contribution in [0.3, 0.4) is 0 Å². The van der Waals surface area contributed by atoms with Crippen LogP contribution in [0.15, 0.2) is 42.5 Å². The minimum atomic E-state index is 0.832. The van der Waals surface area contributed by atoms with Crippen molar-refractivity contribution in [2.45, 2.75) is 13.3 Å². The third kappa shape index (κ3) is 2.33. The van der Waals surface area contributed by atoms with Gasteiger partial charge in [0.2, 0.25) is 0 Å². The molecule has 0 spiro atoms. The Kier molecular flexibility index (Phi) is 3.88. The predicted molar refractivity (Wildman–Crippen MR) is 74.4 cm³/mol. The van der Waals surface area contributed by atoms with Gasteiger partial charge in [0, 0.05) is 0 Å². The number of hydrogen-bond acceptors (Lipinski definition) is 2. The van der Waals surface area contributed by atoms with E-state index in [1.165, 1.54) is 5.56 Å². The summed E-state index contributed by atoms with van der Waals surface area (Å²) in [7, 11) is 3.36. The molecule has 0 bridgehead atoms. The number of rotatable bonds is 4. The van der Waals surface area contributed by atoms with E-state index in [2.05, 4.69) is 31.2 Å². The van der Waals surface area contributed by atoms with Crippen molar-refractivity contribution in [2.75, 3.05) is 14.2 Å². The maximum atomic E-state index is 5.42. The van der Waals surface area contributed by atoms with Crippen LogP contribution < -0.4 is 9.47 Å². The van der Waals surface area contributed by atoms with Gasteiger partial charge in [-0.1, -0.05) is 37.3 Å². The van der Waals surface area contributed by atoms with Gasteiger partial charge in [0.05, 0.1) is 19.8 Å². The number of hydrogen-bond donors (Lipinski definition) is 0. The highest BCUT2D eigenvalue weighted by atomic mass is 16.5. The Labute approximate surface area is 108 Å². The summed E-state index contributed by atoms with van der Waals surface area (Å²) < 4.78 is 10.8. The Morgan fingerprint density at radius 2 is 1.39 bits per heavy atom. The molecular weight excluding hydrogens is 224 g/mol. The average Bonchev–Trinajstić information content (AvgIpc) is 2.46. The van der Waals surface area contributed by atoms with Crippen LogP contribution in [0.2, 0.25) is 0 Å². The van der Waals surface area contributed by atoms with Gasteiger partial charge in [-0.05, 0) is 29.7 Å². The monoisotopic (exact) mass is 242 g/mol. The van der Waals surface area contributed by atoms with Crippen LogP contribution in [0, 0.1) is 0 Å². The average molecular weight is 242 g/mol. The summed E-state index contributed by atoms with van der Waals surface area (Å²) >= 11 is 0. The lowest BCUT2D eigenvalue weighted by Crippen LogP contribution is -1.93. The van der Waals surface area contributed by atoms with Gasteiger partial charge in [0.25, 0.3) is 0 Å². The molecule has 0 aliphatic rings. The van der Waals surface area contributed by atoms with Crippen molar-refractivity contribution in [3.05, 3.63) is 48.0 Å². The second kappa shape index (κ2) is 5.58. The van der Waals surface area contributed by atoms with E-state index in [0.717, 1.165) is 29.0 Å². The predicted octanol–water partition coefficient (Wildman–Crippen LogP) is 3.93. The Bertz CT molecular complexity index is 493. The maximum Gasteiger partial charge on any atom is 0.130 e. The van der Waals surface area contributed by atoms with E-state index in [1.54, 1.807) is 14.2 Å². The van der Waals surface area contributed by atoms with Gasteiger partial charge in [0.15, 0.2) is 0 Å². The second-order valence-electron chi connectivity index (χ2n) is 4.09. The largest absolute Gasteiger partial charge is 0.496 e. The van der Waals surface area contributed by atoms with Crippen molar-refractivity contribution in [3.63, 3.8) is 0 Å². The fourth-order valence-corrected chi connectivity index (χ4v) is 2.04. The lowest BCUT2D eigenvalue weighted by molar-refractivity contribution is 0.397. The van der Waals surface area contributed by atoms with Crippen LogP contribution in [0.4, 0.5) is 0 Å². The number of methoxy groups -OCH3 is 2. The van der Waals surface area contributed by atoms with Crippen molar-refractivity contribution in [1.82, 2.24) is 0 Å². The third-order valence-corrected chi connectivity index (χ3v) is 3.08. The SMILES string of the molecule is CCc1ccc(-c2c(OC)cccc2OC)cc1. The van der Waals surface area contributed by atoms with E-state index in [-0.39, 0.29) is 0 Å². The summed E-state index contributed by atoms with van der Waals surface area (Å²) in [5.41, 5.74) is 3.44. The molecule has 0 amide bonds. The lowest BCUT2D eigenvalue weighted by atomic mass is 10.0. The fourth-order valence-electron chi connectivity index (χ4n) is 2.04. The van der Waals surface area contributed by atoms with Crippen molar-refractivity contribution < 1.29 is 9.47 Å². The summed E-state index contributed by atoms with van der Waals surface area (Å²) in [5.74, 6) is 1.66. The van der Waals surface area contributed by atoms with Crippen LogP contribution in [0.1, 0.15) is 12.5 Å². The highest BCUT2D eigenvalue weighted by Gasteiger charge is 2.11. The molecule has 0 N–H and O–H groups in total. The second-order valence-corrected chi connectivity index (χ2v) is 4.09. The Morgan fingerprint density at radius 3 is 1.83 bits per heavy atom. The quantitative estimate of drug-likeness (QED) is 0.808. The Morgan fingerprint density at radius 1 is 0.833 bits per heavy atom. The summed E-state index contributed by atoms with van der Waals surface area (Å²) in [6.07, 6.45) is 1.04. The van der Waals surface area contributed by atoms with Gasteiger partial charge >= 0.3 is 0 Å². The van der Waals surface area contributed by atoms with E-state index in [1.807, 2.05) is 18.2 Å². The first kappa shape index (κ1) is 12.5. The molecule has 2 nitrogen and oxygen atoms in total. The first-order chi connectivity index (χ1) is 8.80. The molecule has 0 unspecified atom stereocenters. The van der Waals surface area contributed by atoms with Gasteiger partial charge in [-0.25, -0.2) is 0 Å². The molecule has 18 heavy (non-hydrogen) atoms. The van der Waals surface area contributed by atoms with E-state index in [9.17, 15) is 0 Å². The normalized spacial score (nSPS) is 10.2. The minimum Gasteiger partial charge on any atom is -0.496 e. The highest BCUT2D eigenvalue weighted by molar-refractivity contribution is 5.77. The number of benzene rings is 2. The van der Waals surface area contributed by atoms with Crippen LogP contribution in [0.5, 0.6) is 11.5 Å². The van der Waals surface area contributed by atoms with Crippen molar-refractivity contribution >= 4 is 0 Å². The van der Waals surface area contributed by atoms with Crippen LogP contribution in [0.25, 0.3) is 11.1 Å². The van der Waals surface area contributed by atoms with Gasteiger partial charge in [-0.2, -0.15) is 0 Å². The lowest BCUT2D eigenvalue weighted by Gasteiger charge is -2.13. The Balaban J connectivity index is 2.53. The van der Waals surface area contributed by atoms with Gasteiger partial charge < -0.3 is 9.47 Å². The zero-order chi connectivity index (χ0) is 13.0. The minimum absolute atomic E-state index is 0.832. The van der Waals surface area contributed by atoms with Crippen molar-refractivity contribution in [2.24, 2.45) is 0 Å². The molecule has 2 aromatic carbocycles. The summed E-state index contributed by atoms with van der Waals surface area (Å²) in [6, 6.07) is 14.3. The molecule has 2 heteroatoms. The summed E-state index contributed by atoms with van der Waals surface area (Å²) in [5, 5.41) is 0. The van der Waals surface area contributed by atoms with Crippen molar-refractivity contribution in [1.29, 1.82) is 0 Å². The first-order valence-electron chi connectivity index (χ1n) is 6.10. The number of ether oxygens (including phenoxy) is 2. The zero-order valence-corrected chi connectivity index (χ0v) is 11.1. The van der Waals surface area contributed by atoms with Crippen LogP contribution in [-0.4, -0.2) is 14.2 Å². The molecule has 0 aliphatic heterocycles. The molecule has 0 fully saturated rings. The molecule has 94 valence electrons. The molecule has 0 saturated carbocycles. The summed E-state index contributed by atoms with van der Waals surface area (Å²) in [4.78, 5) is 0. The number of aryl methyl sites for hydroxylation is 1. The highest BCUT2D eigenvalue weighted by Crippen LogP contribution is 2.38.